The topological polar surface area (TPSA) is 373 Å². The molecule has 2 aliphatic heterocycles. The van der Waals surface area contributed by atoms with E-state index in [0.29, 0.717) is 0 Å². The molecule has 0 radical (unpaired) electrons. The monoisotopic (exact) mass is 708 g/mol. The predicted molar refractivity (Wildman–Crippen MR) is 113 cm³/mol. The molecule has 0 bridgehead atoms. The van der Waals surface area contributed by atoms with Crippen molar-refractivity contribution in [2.24, 2.45) is 0 Å². The van der Waals surface area contributed by atoms with Crippen LogP contribution in [-0.2, 0) is 97.7 Å². The van der Waals surface area contributed by atoms with Gasteiger partial charge in [-0.25, -0.2) is 33.6 Å². The van der Waals surface area contributed by atoms with Crippen molar-refractivity contribution in [1.29, 1.82) is 0 Å². The highest BCUT2D eigenvalue weighted by Crippen LogP contribution is 2.42. The molecule has 0 aliphatic carbocycles. The van der Waals surface area contributed by atoms with Gasteiger partial charge in [0.25, 0.3) is 0 Å². The second-order valence-electron chi connectivity index (χ2n) is 7.93. The van der Waals surface area contributed by atoms with Gasteiger partial charge in [0.15, 0.2) is 30.7 Å². The zero-order valence-electron chi connectivity index (χ0n) is 20.8. The molecule has 0 saturated carbocycles. The minimum atomic E-state index is -5.42. The molecule has 9 atom stereocenters. The van der Waals surface area contributed by atoms with Crippen molar-refractivity contribution < 1.29 is 126 Å². The minimum absolute atomic E-state index is 0.285. The largest absolute Gasteiger partial charge is 0.397 e. The number of hydrogen-bond acceptors (Lipinski definition) is 24. The van der Waals surface area contributed by atoms with Crippen LogP contribution in [0.25, 0.3) is 0 Å². The Balaban J connectivity index is 2.67. The zero-order chi connectivity index (χ0) is 32.6. The Kier molecular flexibility index (Phi) is 14.2. The van der Waals surface area contributed by atoms with E-state index in [1.165, 1.54) is 6.92 Å². The Morgan fingerprint density at radius 2 is 1.21 bits per heavy atom. The fraction of sp³-hybridized carbons (Fsp3) is 1.00. The van der Waals surface area contributed by atoms with Crippen LogP contribution in [0.1, 0.15) is 13.3 Å². The molecule has 256 valence electrons. The van der Waals surface area contributed by atoms with Gasteiger partial charge in [0.05, 0.1) is 12.7 Å². The molecule has 3 unspecified atom stereocenters. The Bertz CT molecular complexity index is 1170. The summed E-state index contributed by atoms with van der Waals surface area (Å²) in [6.07, 6.45) is -17.3. The smallest absolute Gasteiger partial charge is 0.341 e. The lowest BCUT2D eigenvalue weighted by molar-refractivity contribution is -0.595. The summed E-state index contributed by atoms with van der Waals surface area (Å²) >= 11 is 0. The van der Waals surface area contributed by atoms with Crippen LogP contribution < -0.4 is 0 Å². The summed E-state index contributed by atoms with van der Waals surface area (Å²) in [5.74, 6) is -3.05. The van der Waals surface area contributed by atoms with E-state index in [0.717, 1.165) is 0 Å². The van der Waals surface area contributed by atoms with Crippen molar-refractivity contribution in [3.63, 3.8) is 0 Å². The quantitative estimate of drug-likeness (QED) is 0.0405. The second kappa shape index (κ2) is 16.0. The molecule has 2 aliphatic rings. The third kappa shape index (κ3) is 11.1. The van der Waals surface area contributed by atoms with Gasteiger partial charge in [0, 0.05) is 0 Å². The molecule has 2 rings (SSSR count). The fourth-order valence-corrected chi connectivity index (χ4v) is 5.04. The molecule has 7 N–H and O–H groups in total. The van der Waals surface area contributed by atoms with E-state index < -0.39 is 99.2 Å². The summed E-state index contributed by atoms with van der Waals surface area (Å²) in [5.41, 5.74) is 0. The summed E-state index contributed by atoms with van der Waals surface area (Å²) in [5, 5.41) is 49.6. The minimum Gasteiger partial charge on any atom is -0.341 e. The maximum atomic E-state index is 11.5. The first-order chi connectivity index (χ1) is 19.9. The van der Waals surface area contributed by atoms with Crippen molar-refractivity contribution in [3.05, 3.63) is 0 Å². The Labute approximate surface area is 239 Å². The van der Waals surface area contributed by atoms with E-state index in [-0.39, 0.29) is 6.42 Å². The first-order valence-electron chi connectivity index (χ1n) is 10.7. The molecule has 0 aromatic carbocycles. The van der Waals surface area contributed by atoms with Gasteiger partial charge in [0.2, 0.25) is 5.79 Å². The lowest BCUT2D eigenvalue weighted by Crippen LogP contribution is -2.65. The van der Waals surface area contributed by atoms with Crippen molar-refractivity contribution in [3.8, 4) is 0 Å². The highest BCUT2D eigenvalue weighted by molar-refractivity contribution is 7.81. The van der Waals surface area contributed by atoms with E-state index in [9.17, 15) is 29.8 Å². The second-order valence-corrected chi connectivity index (χ2v) is 11.2. The number of hydrogen-bond donors (Lipinski definition) is 7. The Morgan fingerprint density at radius 1 is 0.674 bits per heavy atom. The maximum Gasteiger partial charge on any atom is 0.397 e. The van der Waals surface area contributed by atoms with Gasteiger partial charge >= 0.3 is 31.2 Å². The summed E-state index contributed by atoms with van der Waals surface area (Å²) < 4.78 is 125. The van der Waals surface area contributed by atoms with Gasteiger partial charge < -0.3 is 14.2 Å². The van der Waals surface area contributed by atoms with Gasteiger partial charge in [-0.05, 0) is 6.42 Å². The molecule has 27 nitrogen and oxygen atoms in total. The molecule has 2 heterocycles. The van der Waals surface area contributed by atoms with Crippen LogP contribution in [0.15, 0.2) is 0 Å². The van der Waals surface area contributed by atoms with Gasteiger partial charge in [-0.3, -0.25) is 13.7 Å². The molecule has 0 aromatic heterocycles. The average Bonchev–Trinajstić information content (AvgIpc) is 3.15. The highest BCUT2D eigenvalue weighted by Gasteiger charge is 2.64. The van der Waals surface area contributed by atoms with E-state index >= 15 is 0 Å². The van der Waals surface area contributed by atoms with Crippen molar-refractivity contribution in [1.82, 2.24) is 0 Å². The van der Waals surface area contributed by atoms with Gasteiger partial charge in [-0.2, -0.15) is 44.8 Å². The highest BCUT2D eigenvalue weighted by atomic mass is 32.3. The Morgan fingerprint density at radius 3 is 1.70 bits per heavy atom. The first kappa shape index (κ1) is 38.2. The molecule has 0 spiro atoms. The summed E-state index contributed by atoms with van der Waals surface area (Å²) in [6, 6.07) is 0. The average molecular weight is 709 g/mol. The first-order valence-corrected chi connectivity index (χ1v) is 14.8. The van der Waals surface area contributed by atoms with Crippen molar-refractivity contribution in [2.45, 2.75) is 68.1 Å². The molecule has 0 aromatic rings. The molecule has 2 fully saturated rings. The predicted octanol–water partition coefficient (Wildman–Crippen LogP) is -2.78. The maximum absolute atomic E-state index is 11.5. The Hall–Kier alpha value is -0.990. The molecule has 0 amide bonds. The molecule has 30 heteroatoms. The van der Waals surface area contributed by atoms with Gasteiger partial charge in [-0.15, -0.1) is 0 Å². The third-order valence-corrected chi connectivity index (χ3v) is 6.71. The molecule has 2 saturated heterocycles. The van der Waals surface area contributed by atoms with Crippen LogP contribution >= 0.6 is 0 Å². The summed E-state index contributed by atoms with van der Waals surface area (Å²) in [6.45, 7) is -1.58. The SMILES string of the molecule is CC[C@H]1O[C@@](COS(=O)(=O)O)(O[C@@H]2OC(COS(=O)(=O)O)[C@@H](OOO)[C@H](OOO)C2OOO)[C@H](OOO)C1OS(=O)(=O)O. The molecule has 43 heavy (non-hydrogen) atoms. The zero-order valence-corrected chi connectivity index (χ0v) is 23.2. The lowest BCUT2D eigenvalue weighted by Gasteiger charge is -2.44. The van der Waals surface area contributed by atoms with Crippen molar-refractivity contribution in [2.75, 3.05) is 13.2 Å². The van der Waals surface area contributed by atoms with Crippen LogP contribution in [0.2, 0.25) is 0 Å². The summed E-state index contributed by atoms with van der Waals surface area (Å²) in [4.78, 5) is 17.9. The van der Waals surface area contributed by atoms with E-state index in [4.69, 9.17) is 44.3 Å². The van der Waals surface area contributed by atoms with Crippen molar-refractivity contribution >= 4 is 31.2 Å². The van der Waals surface area contributed by atoms with Crippen LogP contribution in [0.5, 0.6) is 0 Å². The van der Waals surface area contributed by atoms with E-state index in [1.54, 1.807) is 0 Å². The summed E-state index contributed by atoms with van der Waals surface area (Å²) in [7, 11) is -16.1. The van der Waals surface area contributed by atoms with Gasteiger partial charge in [0.1, 0.15) is 18.8 Å². The molecular weight excluding hydrogens is 684 g/mol. The van der Waals surface area contributed by atoms with Crippen LogP contribution in [0, 0.1) is 0 Å². The molecular formula is C13H24O27S3. The van der Waals surface area contributed by atoms with Crippen LogP contribution in [0.4, 0.5) is 0 Å². The van der Waals surface area contributed by atoms with E-state index in [1.807, 2.05) is 0 Å². The lowest BCUT2D eigenvalue weighted by atomic mass is 9.98. The van der Waals surface area contributed by atoms with Crippen LogP contribution in [0.3, 0.4) is 0 Å². The normalized spacial score (nSPS) is 34.0. The third-order valence-electron chi connectivity index (χ3n) is 5.39. The fourth-order valence-electron chi connectivity index (χ4n) is 3.91. The number of ether oxygens (including phenoxy) is 3. The van der Waals surface area contributed by atoms with Crippen LogP contribution in [-0.4, -0.2) is 128 Å². The standard InChI is InChI=1S/C13H24O27S3/c1-2-5-8(36-43(24,25)26)11(35-40-17)13(30-5,4-28-42(21,22)23)31-12-10(34-39-16)9(33-38-15)7(32-37-14)6(29-12)3-27-41(18,19)20/h5-12,14-17H,2-4H2,1H3,(H,18,19,20)(H,21,22,23)(H,24,25,26)/t5-,6?,7-,8?,9+,10?,11-,12+,13+/m1/s1. The number of rotatable bonds is 19. The van der Waals surface area contributed by atoms with Gasteiger partial charge in [-0.1, -0.05) is 27.1 Å². The van der Waals surface area contributed by atoms with E-state index in [2.05, 4.69) is 52.3 Å².